The Kier molecular flexibility index (Phi) is 6.62. The van der Waals surface area contributed by atoms with Crippen LogP contribution in [0.3, 0.4) is 0 Å². The topological polar surface area (TPSA) is 25.8 Å². The van der Waals surface area contributed by atoms with Crippen LogP contribution in [-0.4, -0.2) is 18.0 Å². The fourth-order valence-corrected chi connectivity index (χ4v) is 9.79. The molecule has 0 radical (unpaired) electrons. The van der Waals surface area contributed by atoms with Gasteiger partial charge in [-0.1, -0.05) is 153 Å². The Balaban J connectivity index is 1.18. The molecule has 7 aromatic rings. The quantitative estimate of drug-likeness (QED) is 0.186. The van der Waals surface area contributed by atoms with Crippen LogP contribution >= 0.6 is 0 Å². The minimum atomic E-state index is -1.74. The highest BCUT2D eigenvalue weighted by Gasteiger charge is 2.37. The van der Waals surface area contributed by atoms with Gasteiger partial charge < -0.3 is 0 Å². The molecule has 0 spiro atoms. The molecule has 45 heavy (non-hydrogen) atoms. The number of aromatic nitrogens is 2. The van der Waals surface area contributed by atoms with Crippen molar-refractivity contribution in [3.8, 4) is 67.3 Å². The molecular weight excluding hydrogens is 561 g/mol. The van der Waals surface area contributed by atoms with Gasteiger partial charge in [-0.2, -0.15) is 0 Å². The first-order valence-corrected chi connectivity index (χ1v) is 18.5. The van der Waals surface area contributed by atoms with Gasteiger partial charge in [0, 0.05) is 16.7 Å². The molecule has 0 bridgehead atoms. The van der Waals surface area contributed by atoms with E-state index in [2.05, 4.69) is 159 Å². The molecule has 1 aliphatic heterocycles. The summed E-state index contributed by atoms with van der Waals surface area (Å²) in [5.41, 5.74) is 12.6. The van der Waals surface area contributed by atoms with Crippen LogP contribution in [0.15, 0.2) is 158 Å². The highest BCUT2D eigenvalue weighted by Crippen LogP contribution is 2.34. The second-order valence-corrected chi connectivity index (χ2v) is 16.6. The number of hydrogen-bond acceptors (Lipinski definition) is 2. The minimum absolute atomic E-state index is 0.721. The van der Waals surface area contributed by atoms with Gasteiger partial charge in [0.2, 0.25) is 0 Å². The van der Waals surface area contributed by atoms with E-state index in [4.69, 9.17) is 9.97 Å². The lowest BCUT2D eigenvalue weighted by atomic mass is 9.96. The monoisotopic (exact) mass is 592 g/mol. The van der Waals surface area contributed by atoms with Crippen molar-refractivity contribution in [2.24, 2.45) is 0 Å². The summed E-state index contributed by atoms with van der Waals surface area (Å²) in [5.74, 6) is 0.721. The van der Waals surface area contributed by atoms with Gasteiger partial charge in [-0.15, -0.1) is 0 Å². The fourth-order valence-electron chi connectivity index (χ4n) is 6.69. The molecule has 0 N–H and O–H groups in total. The molecule has 0 fully saturated rings. The van der Waals surface area contributed by atoms with Crippen LogP contribution in [0, 0.1) is 0 Å². The zero-order chi connectivity index (χ0) is 30.4. The number of nitrogens with zero attached hydrogens (tertiary/aromatic N) is 2. The molecule has 0 aliphatic carbocycles. The zero-order valence-electron chi connectivity index (χ0n) is 25.4. The average Bonchev–Trinajstić information content (AvgIpc) is 3.34. The Morgan fingerprint density at radius 1 is 0.356 bits per heavy atom. The van der Waals surface area contributed by atoms with E-state index in [9.17, 15) is 0 Å². The van der Waals surface area contributed by atoms with Crippen molar-refractivity contribution in [1.29, 1.82) is 0 Å². The SMILES string of the molecule is C[Si]1(C)c2ccccc2-c2ccc(-c3cccc(-c4cccc(-c5nc(-c6ccccc6)cc(-c6ccccc6)n5)c4)c3)cc21. The standard InChI is InChI=1S/C42H32N2Si/c1-45(2)40-22-10-9-21-36(40)37-24-23-34(27-41(37)45)32-18-11-17-31(25-32)33-19-12-20-35(26-33)42-43-38(29-13-5-3-6-14-29)28-39(44-42)30-15-7-4-8-16-30/h3-28H,1-2H3. The number of hydrogen-bond donors (Lipinski definition) is 0. The smallest absolute Gasteiger partial charge is 0.160 e. The predicted molar refractivity (Wildman–Crippen MR) is 191 cm³/mol. The van der Waals surface area contributed by atoms with E-state index < -0.39 is 8.07 Å². The van der Waals surface area contributed by atoms with Crippen LogP contribution in [0.25, 0.3) is 67.3 Å². The summed E-state index contributed by atoms with van der Waals surface area (Å²) >= 11 is 0. The van der Waals surface area contributed by atoms with Crippen LogP contribution in [0.4, 0.5) is 0 Å². The van der Waals surface area contributed by atoms with E-state index in [1.807, 2.05) is 12.1 Å². The second-order valence-electron chi connectivity index (χ2n) is 12.3. The maximum Gasteiger partial charge on any atom is 0.160 e. The van der Waals surface area contributed by atoms with Crippen molar-refractivity contribution in [1.82, 2.24) is 9.97 Å². The van der Waals surface area contributed by atoms with Crippen LogP contribution in [0.5, 0.6) is 0 Å². The molecule has 6 aromatic carbocycles. The lowest BCUT2D eigenvalue weighted by Crippen LogP contribution is -2.49. The first-order chi connectivity index (χ1) is 22.0. The van der Waals surface area contributed by atoms with Crippen molar-refractivity contribution >= 4 is 18.4 Å². The largest absolute Gasteiger partial charge is 0.228 e. The molecule has 214 valence electrons. The third-order valence-corrected chi connectivity index (χ3v) is 12.6. The van der Waals surface area contributed by atoms with Gasteiger partial charge in [0.05, 0.1) is 11.4 Å². The zero-order valence-corrected chi connectivity index (χ0v) is 26.4. The molecule has 0 saturated carbocycles. The Bertz CT molecular complexity index is 2130. The first kappa shape index (κ1) is 27.2. The molecule has 2 heterocycles. The van der Waals surface area contributed by atoms with Gasteiger partial charge in [-0.3, -0.25) is 0 Å². The third kappa shape index (κ3) is 4.92. The highest BCUT2D eigenvalue weighted by atomic mass is 28.3. The molecule has 8 rings (SSSR count). The summed E-state index contributed by atoms with van der Waals surface area (Å²) < 4.78 is 0. The summed E-state index contributed by atoms with van der Waals surface area (Å²) in [6, 6.07) is 56.3. The van der Waals surface area contributed by atoms with Crippen molar-refractivity contribution in [3.63, 3.8) is 0 Å². The maximum atomic E-state index is 5.06. The van der Waals surface area contributed by atoms with Crippen LogP contribution in [0.1, 0.15) is 0 Å². The van der Waals surface area contributed by atoms with Crippen molar-refractivity contribution in [2.45, 2.75) is 13.1 Å². The third-order valence-electron chi connectivity index (χ3n) is 9.10. The van der Waals surface area contributed by atoms with Crippen LogP contribution in [0.2, 0.25) is 13.1 Å². The predicted octanol–water partition coefficient (Wildman–Crippen LogP) is 9.61. The lowest BCUT2D eigenvalue weighted by molar-refractivity contribution is 1.18. The number of benzene rings is 6. The summed E-state index contributed by atoms with van der Waals surface area (Å²) in [6.07, 6.45) is 0. The average molecular weight is 593 g/mol. The lowest BCUT2D eigenvalue weighted by Gasteiger charge is -2.19. The van der Waals surface area contributed by atoms with Crippen LogP contribution in [-0.2, 0) is 0 Å². The molecule has 2 nitrogen and oxygen atoms in total. The van der Waals surface area contributed by atoms with Gasteiger partial charge in [0.1, 0.15) is 8.07 Å². The molecule has 1 aromatic heterocycles. The Hall–Kier alpha value is -5.38. The second kappa shape index (κ2) is 11.0. The summed E-state index contributed by atoms with van der Waals surface area (Å²) in [7, 11) is -1.74. The van der Waals surface area contributed by atoms with E-state index in [0.717, 1.165) is 39.5 Å². The van der Waals surface area contributed by atoms with Gasteiger partial charge in [0.15, 0.2) is 5.82 Å². The number of fused-ring (bicyclic) bond motifs is 3. The van der Waals surface area contributed by atoms with E-state index in [0.29, 0.717) is 0 Å². The van der Waals surface area contributed by atoms with Gasteiger partial charge >= 0.3 is 0 Å². The summed E-state index contributed by atoms with van der Waals surface area (Å²) in [4.78, 5) is 10.1. The molecule has 0 atom stereocenters. The minimum Gasteiger partial charge on any atom is -0.228 e. The fraction of sp³-hybridized carbons (Fsp3) is 0.0476. The Labute approximate surface area is 265 Å². The first-order valence-electron chi connectivity index (χ1n) is 15.5. The molecule has 0 unspecified atom stereocenters. The van der Waals surface area contributed by atoms with Crippen molar-refractivity contribution < 1.29 is 0 Å². The van der Waals surface area contributed by atoms with E-state index in [1.54, 1.807) is 0 Å². The van der Waals surface area contributed by atoms with E-state index in [-0.39, 0.29) is 0 Å². The van der Waals surface area contributed by atoms with Gasteiger partial charge in [0.25, 0.3) is 0 Å². The normalized spacial score (nSPS) is 12.8. The molecule has 0 saturated heterocycles. The van der Waals surface area contributed by atoms with Crippen molar-refractivity contribution in [3.05, 3.63) is 158 Å². The van der Waals surface area contributed by atoms with Crippen LogP contribution < -0.4 is 10.4 Å². The Morgan fingerprint density at radius 3 is 1.44 bits per heavy atom. The van der Waals surface area contributed by atoms with Gasteiger partial charge in [-0.25, -0.2) is 9.97 Å². The molecule has 3 heteroatoms. The maximum absolute atomic E-state index is 5.06. The van der Waals surface area contributed by atoms with E-state index >= 15 is 0 Å². The number of rotatable bonds is 5. The van der Waals surface area contributed by atoms with Gasteiger partial charge in [-0.05, 0) is 62.0 Å². The molecule has 0 amide bonds. The summed E-state index contributed by atoms with van der Waals surface area (Å²) in [5, 5.41) is 3.06. The van der Waals surface area contributed by atoms with Crippen molar-refractivity contribution in [2.75, 3.05) is 0 Å². The molecular formula is C42H32N2Si. The Morgan fingerprint density at radius 2 is 0.822 bits per heavy atom. The molecule has 1 aliphatic rings. The highest BCUT2D eigenvalue weighted by molar-refractivity contribution is 7.03. The summed E-state index contributed by atoms with van der Waals surface area (Å²) in [6.45, 7) is 4.95. The van der Waals surface area contributed by atoms with E-state index in [1.165, 1.54) is 38.2 Å².